The molecule has 0 spiro atoms. The molecule has 52 heavy (non-hydrogen) atoms. The van der Waals surface area contributed by atoms with E-state index in [0.717, 1.165) is 30.1 Å². The van der Waals surface area contributed by atoms with Crippen molar-refractivity contribution in [2.45, 2.75) is 138 Å². The van der Waals surface area contributed by atoms with E-state index in [1.54, 1.807) is 12.0 Å². The number of halogens is 2. The summed E-state index contributed by atoms with van der Waals surface area (Å²) < 4.78 is 1.46. The van der Waals surface area contributed by atoms with E-state index in [4.69, 9.17) is 0 Å². The molecule has 5 aliphatic rings. The average Bonchev–Trinajstić information content (AvgIpc) is 3.61. The molecule has 9 rings (SSSR count). The molecule has 5 aliphatic carbocycles. The van der Waals surface area contributed by atoms with E-state index < -0.39 is 0 Å². The molecule has 0 saturated heterocycles. The van der Waals surface area contributed by atoms with E-state index in [1.807, 2.05) is 0 Å². The van der Waals surface area contributed by atoms with Crippen LogP contribution in [0.15, 0.2) is 60.7 Å². The second-order valence-corrected chi connectivity index (χ2v) is 20.8. The van der Waals surface area contributed by atoms with Gasteiger partial charge in [-0.25, -0.2) is 6.07 Å². The number of aryl methyl sites for hydroxylation is 4. The normalized spacial score (nSPS) is 23.6. The van der Waals surface area contributed by atoms with Gasteiger partial charge in [0.05, 0.1) is 0 Å². The summed E-state index contributed by atoms with van der Waals surface area (Å²) in [5.41, 5.74) is 17.9. The van der Waals surface area contributed by atoms with Crippen LogP contribution in [0, 0.1) is 57.4 Å². The number of hydrogen-bond donors (Lipinski definition) is 0. The van der Waals surface area contributed by atoms with Gasteiger partial charge in [0.1, 0.15) is 0 Å². The van der Waals surface area contributed by atoms with Crippen LogP contribution in [0.2, 0.25) is 0 Å². The molecule has 0 aliphatic heterocycles. The summed E-state index contributed by atoms with van der Waals surface area (Å²) in [5.74, 6) is 4.14. The maximum absolute atomic E-state index is 3.69. The van der Waals surface area contributed by atoms with Gasteiger partial charge < -0.3 is 24.8 Å². The van der Waals surface area contributed by atoms with E-state index in [0.29, 0.717) is 5.41 Å². The Balaban J connectivity index is 0.000000184. The van der Waals surface area contributed by atoms with Gasteiger partial charge in [-0.05, 0) is 91.2 Å². The first-order valence-electron chi connectivity index (χ1n) is 19.4. The second kappa shape index (κ2) is 16.2. The summed E-state index contributed by atoms with van der Waals surface area (Å²) in [6.45, 7) is 27.3. The fraction of sp³-hybridized carbons (Fsp3) is 0.510. The van der Waals surface area contributed by atoms with Gasteiger partial charge >= 0.3 is 76.7 Å². The van der Waals surface area contributed by atoms with Crippen molar-refractivity contribution in [3.63, 3.8) is 0 Å². The largest absolute Gasteiger partial charge is 1.00 e. The minimum absolute atomic E-state index is 0. The summed E-state index contributed by atoms with van der Waals surface area (Å²) in [5, 5.41) is 0. The third-order valence-corrected chi connectivity index (χ3v) is 13.6. The molecule has 0 amide bonds. The van der Waals surface area contributed by atoms with Crippen molar-refractivity contribution in [3.05, 3.63) is 122 Å². The van der Waals surface area contributed by atoms with Gasteiger partial charge in [-0.2, -0.15) is 41.0 Å². The van der Waals surface area contributed by atoms with E-state index in [2.05, 4.69) is 150 Å². The van der Waals surface area contributed by atoms with Crippen molar-refractivity contribution >= 4 is 3.21 Å². The number of hydrogen-bond acceptors (Lipinski definition) is 0. The summed E-state index contributed by atoms with van der Waals surface area (Å²) in [6, 6.07) is 26.8. The van der Waals surface area contributed by atoms with Gasteiger partial charge in [0, 0.05) is 0 Å². The zero-order valence-corrected chi connectivity index (χ0v) is 38.1. The first-order valence-corrected chi connectivity index (χ1v) is 20.6. The first kappa shape index (κ1) is 43.1. The van der Waals surface area contributed by atoms with Crippen LogP contribution in [0.5, 0.6) is 0 Å². The van der Waals surface area contributed by atoms with Gasteiger partial charge in [-0.3, -0.25) is 0 Å². The van der Waals surface area contributed by atoms with Gasteiger partial charge in [-0.1, -0.05) is 90.8 Å². The summed E-state index contributed by atoms with van der Waals surface area (Å²) in [7, 11) is 0. The molecule has 0 heterocycles. The van der Waals surface area contributed by atoms with Crippen molar-refractivity contribution in [1.82, 2.24) is 0 Å². The summed E-state index contributed by atoms with van der Waals surface area (Å²) >= 11 is 1.51. The van der Waals surface area contributed by atoms with Crippen LogP contribution in [0.3, 0.4) is 0 Å². The van der Waals surface area contributed by atoms with Crippen molar-refractivity contribution in [1.29, 1.82) is 0 Å². The van der Waals surface area contributed by atoms with Crippen molar-refractivity contribution in [3.8, 4) is 11.1 Å². The fourth-order valence-electron chi connectivity index (χ4n) is 10.4. The molecule has 0 N–H and O–H groups in total. The van der Waals surface area contributed by atoms with Crippen molar-refractivity contribution in [2.24, 2.45) is 23.7 Å². The van der Waals surface area contributed by atoms with Crippen molar-refractivity contribution in [2.75, 3.05) is 0 Å². The van der Waals surface area contributed by atoms with Crippen LogP contribution < -0.4 is 24.8 Å². The number of benzene rings is 3. The Morgan fingerprint density at radius 3 is 1.77 bits per heavy atom. The Kier molecular flexibility index (Phi) is 13.4. The van der Waals surface area contributed by atoms with Crippen LogP contribution in [0.1, 0.15) is 143 Å². The molecule has 0 unspecified atom stereocenters. The molecule has 0 nitrogen and oxygen atoms in total. The van der Waals surface area contributed by atoms with Crippen LogP contribution in [-0.2, 0) is 46.9 Å². The zero-order chi connectivity index (χ0) is 36.3. The summed E-state index contributed by atoms with van der Waals surface area (Å²) in [6.07, 6.45) is 8.67. The molecule has 4 bridgehead atoms. The van der Waals surface area contributed by atoms with Crippen LogP contribution in [0.25, 0.3) is 11.1 Å². The molecule has 4 fully saturated rings. The Morgan fingerprint density at radius 1 is 0.750 bits per heavy atom. The zero-order valence-electron chi connectivity index (χ0n) is 34.1. The average molecular weight is 813 g/mol. The van der Waals surface area contributed by atoms with Gasteiger partial charge in [0.2, 0.25) is 0 Å². The monoisotopic (exact) mass is 810 g/mol. The Labute approximate surface area is 344 Å². The second-order valence-electron chi connectivity index (χ2n) is 19.0. The number of fused-ring (bicyclic) bond motifs is 3. The third-order valence-electron chi connectivity index (χ3n) is 12.9. The molecular formula is C49H62Cl2Zr-2. The predicted octanol–water partition coefficient (Wildman–Crippen LogP) is 6.79. The molecule has 4 aromatic rings. The van der Waals surface area contributed by atoms with E-state index in [-0.39, 0.29) is 35.6 Å². The Hall–Kier alpha value is -1.66. The fourth-order valence-corrected chi connectivity index (χ4v) is 10.8. The van der Waals surface area contributed by atoms with Crippen LogP contribution in [0.4, 0.5) is 0 Å². The Bertz CT molecular complexity index is 1780. The van der Waals surface area contributed by atoms with E-state index in [9.17, 15) is 0 Å². The number of rotatable bonds is 2. The third kappa shape index (κ3) is 8.74. The predicted molar refractivity (Wildman–Crippen MR) is 213 cm³/mol. The molecule has 4 aromatic carbocycles. The SMILES string of the molecule is C[C](=[Zr+2])c1ccc(C)cc1.Cc1[c-]c2c(cc1C(C)(C)C)-c1cc(C(C)(C)C)c(C)cc1C2.Cc1cc(C2(C)C3CC4CC(C3)CC2C4)c[cH-]1.[Cl-].[Cl-]. The molecule has 4 saturated carbocycles. The minimum Gasteiger partial charge on any atom is -1.00 e. The maximum atomic E-state index is 3.69. The summed E-state index contributed by atoms with van der Waals surface area (Å²) in [4.78, 5) is 0. The van der Waals surface area contributed by atoms with Gasteiger partial charge in [-0.15, -0.1) is 16.7 Å². The molecule has 0 atom stereocenters. The molecule has 0 aromatic heterocycles. The molecule has 0 radical (unpaired) electrons. The molecule has 278 valence electrons. The maximum Gasteiger partial charge on any atom is -0.0129 e. The minimum atomic E-state index is 0. The smallest absolute Gasteiger partial charge is 0.0129 e. The standard InChI is InChI=1S/C23H29.C17H23.C9H10.2ClH.Zr/c1-14-9-16-11-17-10-15(2)21(23(6,7)8)13-19(17)18(16)12-20(14)22(3,4)5;1-11-3-4-14(5-11)17(2)15-7-12-6-13(9-15)10-16(17)8-12;1-3-9-6-4-8(2)5-7-9;;;/h9,12-13H,11H2,1-8H3;3-5,12-13,15-16H,6-10H2,1-2H3;4-7H,1-2H3;2*1H;/q2*-1;;;;+2/p-2. The molecular weight excluding hydrogens is 751 g/mol. The topological polar surface area (TPSA) is 0 Å². The van der Waals surface area contributed by atoms with Gasteiger partial charge in [0.25, 0.3) is 0 Å². The van der Waals surface area contributed by atoms with Crippen molar-refractivity contribution < 1.29 is 49.0 Å². The van der Waals surface area contributed by atoms with E-state index >= 15 is 0 Å². The van der Waals surface area contributed by atoms with E-state index in [1.165, 1.54) is 114 Å². The van der Waals surface area contributed by atoms with Crippen LogP contribution in [-0.4, -0.2) is 3.21 Å². The van der Waals surface area contributed by atoms with Crippen LogP contribution >= 0.6 is 0 Å². The Morgan fingerprint density at radius 2 is 1.29 bits per heavy atom. The quantitative estimate of drug-likeness (QED) is 0.173. The van der Waals surface area contributed by atoms with Gasteiger partial charge in [0.15, 0.2) is 0 Å². The molecule has 3 heteroatoms. The first-order chi connectivity index (χ1) is 23.3.